The lowest BCUT2D eigenvalue weighted by Crippen LogP contribution is -2.44. The summed E-state index contributed by atoms with van der Waals surface area (Å²) in [5, 5.41) is 35.6. The fraction of sp³-hybridized carbons (Fsp3) is 0.400. The smallest absolute Gasteiger partial charge is 0.264 e. The molecule has 41 heavy (non-hydrogen) atoms. The van der Waals surface area contributed by atoms with Gasteiger partial charge in [0.1, 0.15) is 0 Å². The van der Waals surface area contributed by atoms with Crippen LogP contribution in [0.15, 0.2) is 60.8 Å². The molecule has 0 radical (unpaired) electrons. The van der Waals surface area contributed by atoms with Crippen molar-refractivity contribution in [2.75, 3.05) is 23.4 Å². The molecule has 10 nitrogen and oxygen atoms in total. The Hall–Kier alpha value is -3.57. The number of hydrogen-bond donors (Lipinski definition) is 4. The number of carbonyl (C=O) groups is 2. The van der Waals surface area contributed by atoms with Gasteiger partial charge in [0, 0.05) is 48.0 Å². The average Bonchev–Trinajstić information content (AvgIpc) is 3.70. The second kappa shape index (κ2) is 12.5. The summed E-state index contributed by atoms with van der Waals surface area (Å²) in [7, 11) is 0. The first kappa shape index (κ1) is 28.9. The number of rotatable bonds is 11. The summed E-state index contributed by atoms with van der Waals surface area (Å²) in [6.45, 7) is 3.46. The molecular formula is C30H35ClN6O4. The molecule has 2 aliphatic rings. The van der Waals surface area contributed by atoms with Gasteiger partial charge in [-0.15, -0.1) is 5.10 Å². The molecule has 1 fully saturated rings. The molecule has 3 aromatic rings. The Labute approximate surface area is 244 Å². The number of hydrogen-bond acceptors (Lipinski definition) is 7. The van der Waals surface area contributed by atoms with Crippen molar-refractivity contribution in [3.63, 3.8) is 0 Å². The summed E-state index contributed by atoms with van der Waals surface area (Å²) in [4.78, 5) is 28.0. The van der Waals surface area contributed by atoms with Crippen LogP contribution in [-0.2, 0) is 34.7 Å². The number of allylic oxidation sites excluding steroid dienone is 1. The maximum Gasteiger partial charge on any atom is 0.264 e. The fourth-order valence-electron chi connectivity index (χ4n) is 5.47. The van der Waals surface area contributed by atoms with E-state index >= 15 is 0 Å². The topological polar surface area (TPSA) is 133 Å². The van der Waals surface area contributed by atoms with E-state index in [1.165, 1.54) is 0 Å². The van der Waals surface area contributed by atoms with Crippen molar-refractivity contribution in [1.29, 1.82) is 0 Å². The molecule has 1 aromatic heterocycles. The summed E-state index contributed by atoms with van der Waals surface area (Å²) in [5.41, 5.74) is 1.48. The van der Waals surface area contributed by atoms with Crippen LogP contribution in [0.1, 0.15) is 43.0 Å². The first-order valence-electron chi connectivity index (χ1n) is 13.9. The van der Waals surface area contributed by atoms with Crippen LogP contribution in [0.25, 0.3) is 0 Å². The van der Waals surface area contributed by atoms with Crippen molar-refractivity contribution >= 4 is 34.8 Å². The summed E-state index contributed by atoms with van der Waals surface area (Å²) in [6.07, 6.45) is 8.42. The molecule has 3 heterocycles. The monoisotopic (exact) mass is 578 g/mol. The lowest BCUT2D eigenvalue weighted by atomic mass is 9.83. The van der Waals surface area contributed by atoms with Crippen molar-refractivity contribution in [2.45, 2.75) is 57.3 Å². The van der Waals surface area contributed by atoms with E-state index < -0.39 is 17.4 Å². The summed E-state index contributed by atoms with van der Waals surface area (Å²) in [6, 6.07) is 12.3. The van der Waals surface area contributed by atoms with E-state index in [0.29, 0.717) is 41.3 Å². The molecule has 0 spiro atoms. The quantitative estimate of drug-likeness (QED) is 0.257. The van der Waals surface area contributed by atoms with Crippen molar-refractivity contribution in [2.24, 2.45) is 5.92 Å². The van der Waals surface area contributed by atoms with Crippen molar-refractivity contribution in [3.05, 3.63) is 82.7 Å². The number of carbonyl (C=O) groups excluding carboxylic acids is 2. The molecule has 4 N–H and O–H groups in total. The number of anilines is 2. The van der Waals surface area contributed by atoms with Crippen LogP contribution < -0.4 is 15.5 Å². The Bertz CT molecular complexity index is 1440. The largest absolute Gasteiger partial charge is 0.396 e. The Morgan fingerprint density at radius 3 is 2.95 bits per heavy atom. The minimum absolute atomic E-state index is 0.0192. The number of nitrogens with zero attached hydrogens (tertiary/aromatic N) is 4. The Kier molecular flexibility index (Phi) is 8.84. The average molecular weight is 579 g/mol. The third-order valence-corrected chi connectivity index (χ3v) is 7.94. The zero-order valence-electron chi connectivity index (χ0n) is 23.0. The minimum atomic E-state index is -1.79. The second-order valence-corrected chi connectivity index (χ2v) is 11.0. The number of fused-ring (bicyclic) bond motifs is 1. The van der Waals surface area contributed by atoms with Crippen LogP contribution >= 0.6 is 11.6 Å². The number of halogens is 1. The molecule has 1 saturated heterocycles. The van der Waals surface area contributed by atoms with Crippen LogP contribution in [0.3, 0.4) is 0 Å². The van der Waals surface area contributed by atoms with Gasteiger partial charge < -0.3 is 25.7 Å². The van der Waals surface area contributed by atoms with Crippen LogP contribution in [0.4, 0.5) is 11.4 Å². The lowest BCUT2D eigenvalue weighted by Gasteiger charge is -2.28. The molecule has 5 rings (SSSR count). The van der Waals surface area contributed by atoms with Gasteiger partial charge in [-0.1, -0.05) is 48.0 Å². The first-order valence-corrected chi connectivity index (χ1v) is 14.3. The highest BCUT2D eigenvalue weighted by Gasteiger charge is 2.52. The number of aromatic nitrogens is 3. The van der Waals surface area contributed by atoms with Crippen LogP contribution in [0, 0.1) is 5.92 Å². The number of benzene rings is 2. The minimum Gasteiger partial charge on any atom is -0.396 e. The molecule has 2 aliphatic heterocycles. The van der Waals surface area contributed by atoms with E-state index in [1.807, 2.05) is 43.3 Å². The highest BCUT2D eigenvalue weighted by atomic mass is 35.5. The molecule has 2 aromatic carbocycles. The Morgan fingerprint density at radius 2 is 2.17 bits per heavy atom. The molecular weight excluding hydrogens is 544 g/mol. The van der Waals surface area contributed by atoms with Crippen LogP contribution in [0.5, 0.6) is 0 Å². The van der Waals surface area contributed by atoms with Crippen LogP contribution in [0.2, 0.25) is 5.02 Å². The predicted molar refractivity (Wildman–Crippen MR) is 156 cm³/mol. The summed E-state index contributed by atoms with van der Waals surface area (Å²) < 4.78 is 1.70. The van der Waals surface area contributed by atoms with Crippen molar-refractivity contribution < 1.29 is 19.8 Å². The molecule has 0 saturated carbocycles. The highest BCUT2D eigenvalue weighted by Crippen LogP contribution is 2.46. The van der Waals surface area contributed by atoms with Gasteiger partial charge in [0.05, 0.1) is 24.0 Å². The van der Waals surface area contributed by atoms with E-state index in [9.17, 15) is 14.7 Å². The molecule has 216 valence electrons. The number of amides is 2. The van der Waals surface area contributed by atoms with E-state index in [2.05, 4.69) is 20.9 Å². The summed E-state index contributed by atoms with van der Waals surface area (Å²) in [5.74, 6) is -1.04. The van der Waals surface area contributed by atoms with Crippen molar-refractivity contribution in [1.82, 2.24) is 20.3 Å². The second-order valence-electron chi connectivity index (χ2n) is 10.6. The maximum absolute atomic E-state index is 13.9. The summed E-state index contributed by atoms with van der Waals surface area (Å²) >= 11 is 6.32. The normalized spacial score (nSPS) is 21.0. The van der Waals surface area contributed by atoms with E-state index in [4.69, 9.17) is 16.7 Å². The molecule has 2 amide bonds. The van der Waals surface area contributed by atoms with Crippen molar-refractivity contribution in [3.8, 4) is 0 Å². The predicted octanol–water partition coefficient (Wildman–Crippen LogP) is 3.17. The van der Waals surface area contributed by atoms with E-state index in [0.717, 1.165) is 30.6 Å². The van der Waals surface area contributed by atoms with Gasteiger partial charge in [-0.3, -0.25) is 14.3 Å². The molecule has 3 atom stereocenters. The van der Waals surface area contributed by atoms with Gasteiger partial charge >= 0.3 is 0 Å². The first-order chi connectivity index (χ1) is 19.8. The molecule has 0 aliphatic carbocycles. The fourth-order valence-corrected chi connectivity index (χ4v) is 5.64. The number of aliphatic hydroxyl groups is 2. The van der Waals surface area contributed by atoms with Gasteiger partial charge in [0.15, 0.2) is 5.60 Å². The van der Waals surface area contributed by atoms with Crippen LogP contribution in [-0.4, -0.2) is 56.2 Å². The standard InChI is InChI=1S/C30H35ClN6O4/c1-20(6-2-3-14-36-19-24(12-15-38)34-35-36)30(41)25-17-22(31)10-11-27(25)37(29(30)40)18-21-7-4-8-23(16-21)33-28(39)26-9-5-13-32-26/h2,4,6-8,10-11,16-17,19-20,26,32,38,41H,3,5,9,12-15,18H2,1H3,(H,33,39)/b6-2+/t20-,26+,30+/m0/s1. The third kappa shape index (κ3) is 6.20. The molecule has 0 bridgehead atoms. The maximum atomic E-state index is 13.9. The van der Waals surface area contributed by atoms with Gasteiger partial charge in [0.2, 0.25) is 5.91 Å². The number of nitrogens with one attached hydrogen (secondary N) is 2. The van der Waals surface area contributed by atoms with Gasteiger partial charge in [-0.25, -0.2) is 0 Å². The third-order valence-electron chi connectivity index (χ3n) is 7.71. The lowest BCUT2D eigenvalue weighted by molar-refractivity contribution is -0.139. The number of aryl methyl sites for hydroxylation is 1. The van der Waals surface area contributed by atoms with E-state index in [-0.39, 0.29) is 25.1 Å². The highest BCUT2D eigenvalue weighted by molar-refractivity contribution is 6.31. The number of aliphatic hydroxyl groups excluding tert-OH is 1. The van der Waals surface area contributed by atoms with Gasteiger partial charge in [0.25, 0.3) is 5.91 Å². The van der Waals surface area contributed by atoms with Gasteiger partial charge in [-0.05, 0) is 61.7 Å². The SMILES string of the molecule is C[C@@H](/C=C/CCn1cc(CCO)nn1)[C@]1(O)C(=O)N(Cc2cccc(NC(=O)[C@H]3CCCN3)c2)c2ccc(Cl)cc21. The Balaban J connectivity index is 1.30. The van der Waals surface area contributed by atoms with E-state index in [1.54, 1.807) is 34.0 Å². The molecule has 11 heteroatoms. The molecule has 0 unspecified atom stereocenters. The van der Waals surface area contributed by atoms with Gasteiger partial charge in [-0.2, -0.15) is 0 Å². The zero-order valence-corrected chi connectivity index (χ0v) is 23.7. The zero-order chi connectivity index (χ0) is 29.0. The Morgan fingerprint density at radius 1 is 1.32 bits per heavy atom.